The molecule has 1 amide bonds. The highest BCUT2D eigenvalue weighted by molar-refractivity contribution is 7.80. The van der Waals surface area contributed by atoms with E-state index in [-0.39, 0.29) is 17.4 Å². The Labute approximate surface area is 167 Å². The molecule has 26 heavy (non-hydrogen) atoms. The predicted octanol–water partition coefficient (Wildman–Crippen LogP) is 4.45. The van der Waals surface area contributed by atoms with Gasteiger partial charge in [0.25, 0.3) is 0 Å². The molecular weight excluding hydrogens is 386 g/mol. The summed E-state index contributed by atoms with van der Waals surface area (Å²) in [4.78, 5) is 13.4. The quantitative estimate of drug-likeness (QED) is 0.743. The minimum absolute atomic E-state index is 0.210. The molecule has 1 heterocycles. The summed E-state index contributed by atoms with van der Waals surface area (Å²) >= 11 is 12.7. The molecule has 0 aliphatic heterocycles. The van der Waals surface area contributed by atoms with Gasteiger partial charge >= 0.3 is 0 Å². The zero-order chi connectivity index (χ0) is 18.7. The van der Waals surface area contributed by atoms with E-state index in [4.69, 9.17) is 23.8 Å². The summed E-state index contributed by atoms with van der Waals surface area (Å²) < 4.78 is 0. The molecule has 0 saturated carbocycles. The van der Waals surface area contributed by atoms with E-state index in [1.54, 1.807) is 35.6 Å². The summed E-state index contributed by atoms with van der Waals surface area (Å²) in [5.74, 6) is 0.421. The van der Waals surface area contributed by atoms with Gasteiger partial charge in [-0.05, 0) is 60.7 Å². The molecular formula is C19H18ClN3OS2. The van der Waals surface area contributed by atoms with Crippen molar-refractivity contribution in [2.75, 3.05) is 5.32 Å². The second kappa shape index (κ2) is 8.17. The van der Waals surface area contributed by atoms with Crippen molar-refractivity contribution in [3.8, 4) is 6.07 Å². The first-order chi connectivity index (χ1) is 12.5. The Morgan fingerprint density at radius 2 is 2.15 bits per heavy atom. The van der Waals surface area contributed by atoms with E-state index in [2.05, 4.69) is 23.6 Å². The van der Waals surface area contributed by atoms with Crippen LogP contribution in [0.5, 0.6) is 0 Å². The maximum atomic E-state index is 12.2. The molecule has 1 aliphatic rings. The summed E-state index contributed by atoms with van der Waals surface area (Å²) in [6, 6.07) is 9.39. The van der Waals surface area contributed by atoms with E-state index in [0.29, 0.717) is 16.5 Å². The van der Waals surface area contributed by atoms with Crippen molar-refractivity contribution in [1.82, 2.24) is 5.32 Å². The third-order valence-electron chi connectivity index (χ3n) is 4.38. The predicted molar refractivity (Wildman–Crippen MR) is 110 cm³/mol. The molecule has 1 atom stereocenters. The highest BCUT2D eigenvalue weighted by Crippen LogP contribution is 2.39. The SMILES string of the molecule is C[C@@H]1CCc2c(sc(NC(=S)NC(=O)Cc3ccc(Cl)cc3)c2C#N)C1. The van der Waals surface area contributed by atoms with Crippen molar-refractivity contribution in [3.63, 3.8) is 0 Å². The normalized spacial score (nSPS) is 15.7. The summed E-state index contributed by atoms with van der Waals surface area (Å²) in [6.07, 6.45) is 3.22. The Morgan fingerprint density at radius 3 is 2.85 bits per heavy atom. The molecule has 1 aromatic carbocycles. The molecule has 0 spiro atoms. The maximum Gasteiger partial charge on any atom is 0.230 e. The number of thiocarbonyl (C=S) groups is 1. The van der Waals surface area contributed by atoms with Crippen molar-refractivity contribution in [1.29, 1.82) is 5.26 Å². The molecule has 1 aromatic heterocycles. The summed E-state index contributed by atoms with van der Waals surface area (Å²) in [7, 11) is 0. The summed E-state index contributed by atoms with van der Waals surface area (Å²) in [6.45, 7) is 2.23. The van der Waals surface area contributed by atoms with Crippen LogP contribution in [0.25, 0.3) is 0 Å². The Morgan fingerprint density at radius 1 is 1.42 bits per heavy atom. The number of rotatable bonds is 3. The van der Waals surface area contributed by atoms with Crippen molar-refractivity contribution in [2.45, 2.75) is 32.6 Å². The van der Waals surface area contributed by atoms with Crippen molar-refractivity contribution >= 4 is 51.2 Å². The Balaban J connectivity index is 1.64. The Kier molecular flexibility index (Phi) is 5.92. The molecule has 0 bridgehead atoms. The number of fused-ring (bicyclic) bond motifs is 1. The van der Waals surface area contributed by atoms with Crippen LogP contribution >= 0.6 is 35.2 Å². The zero-order valence-corrected chi connectivity index (χ0v) is 16.7. The van der Waals surface area contributed by atoms with E-state index in [0.717, 1.165) is 35.4 Å². The fraction of sp³-hybridized carbons (Fsp3) is 0.316. The molecule has 0 saturated heterocycles. The van der Waals surface area contributed by atoms with Gasteiger partial charge in [-0.25, -0.2) is 0 Å². The standard InChI is InChI=1S/C19H18ClN3OS2/c1-11-2-7-14-15(10-21)18(26-16(14)8-11)23-19(25)22-17(24)9-12-3-5-13(20)6-4-12/h3-6,11H,2,7-9H2,1H3,(H2,22,23,24,25)/t11-/m1/s1. The lowest BCUT2D eigenvalue weighted by Gasteiger charge is -2.17. The van der Waals surface area contributed by atoms with Gasteiger partial charge in [-0.1, -0.05) is 30.7 Å². The first kappa shape index (κ1) is 18.8. The van der Waals surface area contributed by atoms with E-state index in [1.807, 2.05) is 0 Å². The van der Waals surface area contributed by atoms with Crippen molar-refractivity contribution in [2.24, 2.45) is 5.92 Å². The van der Waals surface area contributed by atoms with Gasteiger partial charge < -0.3 is 10.6 Å². The highest BCUT2D eigenvalue weighted by atomic mass is 35.5. The van der Waals surface area contributed by atoms with Crippen molar-refractivity contribution < 1.29 is 4.79 Å². The van der Waals surface area contributed by atoms with Crippen LogP contribution in [0.4, 0.5) is 5.00 Å². The number of benzene rings is 1. The number of amides is 1. The molecule has 134 valence electrons. The monoisotopic (exact) mass is 403 g/mol. The van der Waals surface area contributed by atoms with E-state index in [1.165, 1.54) is 4.88 Å². The number of halogens is 1. The molecule has 4 nitrogen and oxygen atoms in total. The van der Waals surface area contributed by atoms with Crippen LogP contribution < -0.4 is 10.6 Å². The van der Waals surface area contributed by atoms with Gasteiger partial charge in [-0.2, -0.15) is 5.26 Å². The molecule has 0 radical (unpaired) electrons. The van der Waals surface area contributed by atoms with Gasteiger partial charge in [0.1, 0.15) is 11.1 Å². The fourth-order valence-electron chi connectivity index (χ4n) is 3.05. The number of hydrogen-bond donors (Lipinski definition) is 2. The lowest BCUT2D eigenvalue weighted by atomic mass is 9.89. The minimum Gasteiger partial charge on any atom is -0.323 e. The van der Waals surface area contributed by atoms with Gasteiger partial charge in [-0.3, -0.25) is 4.79 Å². The van der Waals surface area contributed by atoms with E-state index >= 15 is 0 Å². The largest absolute Gasteiger partial charge is 0.323 e. The van der Waals surface area contributed by atoms with Gasteiger partial charge in [0.15, 0.2) is 5.11 Å². The lowest BCUT2D eigenvalue weighted by molar-refractivity contribution is -0.119. The summed E-state index contributed by atoms with van der Waals surface area (Å²) in [5.41, 5.74) is 2.65. The van der Waals surface area contributed by atoms with Gasteiger partial charge in [0.2, 0.25) is 5.91 Å². The molecule has 2 aromatic rings. The number of carbonyl (C=O) groups is 1. The highest BCUT2D eigenvalue weighted by Gasteiger charge is 2.24. The van der Waals surface area contributed by atoms with Gasteiger partial charge in [0, 0.05) is 9.90 Å². The van der Waals surface area contributed by atoms with Crippen LogP contribution in [-0.4, -0.2) is 11.0 Å². The number of nitrogens with one attached hydrogen (secondary N) is 2. The smallest absolute Gasteiger partial charge is 0.230 e. The Hall–Kier alpha value is -1.94. The maximum absolute atomic E-state index is 12.2. The number of thiophene rings is 1. The van der Waals surface area contributed by atoms with Crippen LogP contribution in [0, 0.1) is 17.2 Å². The number of nitriles is 1. The molecule has 2 N–H and O–H groups in total. The summed E-state index contributed by atoms with van der Waals surface area (Å²) in [5, 5.41) is 16.8. The third-order valence-corrected chi connectivity index (χ3v) is 6.01. The second-order valence-corrected chi connectivity index (χ2v) is 8.42. The van der Waals surface area contributed by atoms with Gasteiger partial charge in [0.05, 0.1) is 12.0 Å². The lowest BCUT2D eigenvalue weighted by Crippen LogP contribution is -2.35. The Bertz CT molecular complexity index is 883. The molecule has 3 rings (SSSR count). The average molecular weight is 404 g/mol. The molecule has 0 unspecified atom stereocenters. The van der Waals surface area contributed by atoms with E-state index in [9.17, 15) is 10.1 Å². The third kappa shape index (κ3) is 4.42. The second-order valence-electron chi connectivity index (χ2n) is 6.47. The topological polar surface area (TPSA) is 64.9 Å². The van der Waals surface area contributed by atoms with Crippen LogP contribution in [0.2, 0.25) is 5.02 Å². The van der Waals surface area contributed by atoms with E-state index < -0.39 is 0 Å². The number of nitrogens with zero attached hydrogens (tertiary/aromatic N) is 1. The van der Waals surface area contributed by atoms with Crippen molar-refractivity contribution in [3.05, 3.63) is 50.9 Å². The molecule has 0 fully saturated rings. The first-order valence-electron chi connectivity index (χ1n) is 8.36. The zero-order valence-electron chi connectivity index (χ0n) is 14.3. The molecule has 1 aliphatic carbocycles. The number of carbonyl (C=O) groups excluding carboxylic acids is 1. The number of hydrogen-bond acceptors (Lipinski definition) is 4. The van der Waals surface area contributed by atoms with Gasteiger partial charge in [-0.15, -0.1) is 11.3 Å². The van der Waals surface area contributed by atoms with Crippen LogP contribution in [0.3, 0.4) is 0 Å². The van der Waals surface area contributed by atoms with Crippen LogP contribution in [0.1, 0.15) is 34.9 Å². The number of anilines is 1. The average Bonchev–Trinajstić information content (AvgIpc) is 2.92. The van der Waals surface area contributed by atoms with Crippen LogP contribution in [-0.2, 0) is 24.1 Å². The minimum atomic E-state index is -0.210. The molecule has 7 heteroatoms. The van der Waals surface area contributed by atoms with Crippen LogP contribution in [0.15, 0.2) is 24.3 Å². The fourth-order valence-corrected chi connectivity index (χ4v) is 4.82. The first-order valence-corrected chi connectivity index (χ1v) is 9.96.